The number of amides is 1. The fraction of sp³-hybridized carbons (Fsp3) is 0.286. The number of nitroso groups, excluding NO2 is 1. The van der Waals surface area contributed by atoms with E-state index in [2.05, 4.69) is 10.5 Å². The topological polar surface area (TPSA) is 95.8 Å². The van der Waals surface area contributed by atoms with E-state index in [-0.39, 0.29) is 18.5 Å². The molecule has 21 heavy (non-hydrogen) atoms. The zero-order chi connectivity index (χ0) is 15.4. The molecule has 0 bridgehead atoms. The van der Waals surface area contributed by atoms with Gasteiger partial charge in [-0.3, -0.25) is 9.59 Å². The maximum atomic E-state index is 12.2. The van der Waals surface area contributed by atoms with Crippen LogP contribution < -0.4 is 5.32 Å². The summed E-state index contributed by atoms with van der Waals surface area (Å²) in [4.78, 5) is 33.8. The fourth-order valence-electron chi connectivity index (χ4n) is 2.24. The third-order valence-electron chi connectivity index (χ3n) is 3.39. The van der Waals surface area contributed by atoms with Gasteiger partial charge in [0.15, 0.2) is 0 Å². The van der Waals surface area contributed by atoms with Crippen molar-refractivity contribution in [2.24, 2.45) is 17.0 Å². The second-order valence-electron chi connectivity index (χ2n) is 4.77. The Balaban J connectivity index is 2.11. The van der Waals surface area contributed by atoms with Crippen LogP contribution >= 0.6 is 11.6 Å². The molecule has 0 spiro atoms. The summed E-state index contributed by atoms with van der Waals surface area (Å²) in [6, 6.07) is 5.99. The third kappa shape index (κ3) is 3.66. The molecule has 6 nitrogen and oxygen atoms in total. The Kier molecular flexibility index (Phi) is 4.70. The van der Waals surface area contributed by atoms with E-state index in [1.54, 1.807) is 6.08 Å². The van der Waals surface area contributed by atoms with Gasteiger partial charge in [-0.25, -0.2) is 0 Å². The van der Waals surface area contributed by atoms with Gasteiger partial charge in [-0.15, -0.1) is 4.91 Å². The molecule has 0 fully saturated rings. The number of carbonyl (C=O) groups excluding carboxylic acids is 1. The van der Waals surface area contributed by atoms with E-state index in [9.17, 15) is 19.6 Å². The number of aliphatic carboxylic acids is 1. The second kappa shape index (κ2) is 6.49. The molecule has 0 saturated carbocycles. The molecular formula is C14H13ClN2O4. The summed E-state index contributed by atoms with van der Waals surface area (Å²) in [7, 11) is 0. The highest BCUT2D eigenvalue weighted by atomic mass is 35.5. The highest BCUT2D eigenvalue weighted by Crippen LogP contribution is 2.32. The van der Waals surface area contributed by atoms with Gasteiger partial charge in [0, 0.05) is 10.7 Å². The highest BCUT2D eigenvalue weighted by Gasteiger charge is 2.36. The number of nitrogens with one attached hydrogen (secondary N) is 1. The normalized spacial score (nSPS) is 21.3. The molecule has 2 rings (SSSR count). The zero-order valence-electron chi connectivity index (χ0n) is 11.0. The van der Waals surface area contributed by atoms with Crippen LogP contribution in [0.15, 0.2) is 40.6 Å². The highest BCUT2D eigenvalue weighted by molar-refractivity contribution is 6.29. The van der Waals surface area contributed by atoms with Gasteiger partial charge >= 0.3 is 5.97 Å². The number of nitrogens with zero attached hydrogens (tertiary/aromatic N) is 1. The summed E-state index contributed by atoms with van der Waals surface area (Å²) in [6.07, 6.45) is 2.08. The molecule has 0 saturated heterocycles. The van der Waals surface area contributed by atoms with Crippen LogP contribution in [0.3, 0.4) is 0 Å². The van der Waals surface area contributed by atoms with E-state index in [4.69, 9.17) is 11.6 Å². The fourth-order valence-corrected chi connectivity index (χ4v) is 2.50. The molecule has 2 atom stereocenters. The monoisotopic (exact) mass is 308 g/mol. The van der Waals surface area contributed by atoms with Crippen molar-refractivity contribution in [2.45, 2.75) is 12.8 Å². The quantitative estimate of drug-likeness (QED) is 0.834. The molecular weight excluding hydrogens is 296 g/mol. The smallest absolute Gasteiger partial charge is 0.307 e. The first-order chi connectivity index (χ1) is 10.0. The minimum atomic E-state index is -1.02. The molecule has 1 amide bonds. The van der Waals surface area contributed by atoms with E-state index in [1.807, 2.05) is 0 Å². The van der Waals surface area contributed by atoms with Crippen LogP contribution in [0.4, 0.5) is 11.4 Å². The number of carboxylic acids is 1. The van der Waals surface area contributed by atoms with E-state index < -0.39 is 23.7 Å². The van der Waals surface area contributed by atoms with E-state index in [0.29, 0.717) is 10.7 Å². The molecule has 0 radical (unpaired) electrons. The maximum Gasteiger partial charge on any atom is 0.307 e. The predicted octanol–water partition coefficient (Wildman–Crippen LogP) is 3.26. The van der Waals surface area contributed by atoms with E-state index >= 15 is 0 Å². The summed E-state index contributed by atoms with van der Waals surface area (Å²) in [6.45, 7) is 0. The Labute approximate surface area is 125 Å². The lowest BCUT2D eigenvalue weighted by atomic mass is 9.82. The number of carbonyl (C=O) groups is 2. The molecule has 0 heterocycles. The summed E-state index contributed by atoms with van der Waals surface area (Å²) in [5.41, 5.74) is 0.724. The van der Waals surface area contributed by atoms with E-state index in [1.165, 1.54) is 24.3 Å². The minimum absolute atomic E-state index is 0.207. The van der Waals surface area contributed by atoms with Gasteiger partial charge in [-0.05, 0) is 42.3 Å². The number of anilines is 1. The summed E-state index contributed by atoms with van der Waals surface area (Å²) >= 11 is 5.91. The van der Waals surface area contributed by atoms with Crippen molar-refractivity contribution in [1.82, 2.24) is 0 Å². The Morgan fingerprint density at radius 1 is 1.24 bits per heavy atom. The Morgan fingerprint density at radius 3 is 2.48 bits per heavy atom. The van der Waals surface area contributed by atoms with Crippen molar-refractivity contribution in [3.05, 3.63) is 40.3 Å². The molecule has 7 heteroatoms. The van der Waals surface area contributed by atoms with Gasteiger partial charge in [-0.2, -0.15) is 0 Å². The van der Waals surface area contributed by atoms with Crippen molar-refractivity contribution in [2.75, 3.05) is 5.32 Å². The van der Waals surface area contributed by atoms with Gasteiger partial charge in [-0.1, -0.05) is 17.7 Å². The number of benzene rings is 1. The molecule has 0 aliphatic heterocycles. The van der Waals surface area contributed by atoms with Gasteiger partial charge in [0.05, 0.1) is 11.8 Å². The number of allylic oxidation sites excluding steroid dienone is 2. The first-order valence-corrected chi connectivity index (χ1v) is 6.70. The number of hydrogen-bond acceptors (Lipinski definition) is 4. The van der Waals surface area contributed by atoms with Crippen LogP contribution in [0.25, 0.3) is 0 Å². The van der Waals surface area contributed by atoms with Crippen molar-refractivity contribution in [3.8, 4) is 0 Å². The molecule has 1 aliphatic rings. The number of carboxylic acid groups (broad SMARTS) is 1. The lowest BCUT2D eigenvalue weighted by molar-refractivity contribution is -0.146. The van der Waals surface area contributed by atoms with Crippen molar-refractivity contribution in [3.63, 3.8) is 0 Å². The summed E-state index contributed by atoms with van der Waals surface area (Å²) < 4.78 is 0. The van der Waals surface area contributed by atoms with Crippen LogP contribution in [0.1, 0.15) is 12.8 Å². The number of halogens is 1. The molecule has 2 N–H and O–H groups in total. The average Bonchev–Trinajstić information content (AvgIpc) is 2.47. The first-order valence-electron chi connectivity index (χ1n) is 6.33. The van der Waals surface area contributed by atoms with Crippen LogP contribution in [-0.2, 0) is 9.59 Å². The van der Waals surface area contributed by atoms with Gasteiger partial charge in [0.1, 0.15) is 5.69 Å². The van der Waals surface area contributed by atoms with Gasteiger partial charge in [0.25, 0.3) is 0 Å². The van der Waals surface area contributed by atoms with Crippen molar-refractivity contribution >= 4 is 34.9 Å². The Bertz CT molecular complexity index is 597. The molecule has 1 aliphatic carbocycles. The van der Waals surface area contributed by atoms with E-state index in [0.717, 1.165) is 0 Å². The summed E-state index contributed by atoms with van der Waals surface area (Å²) in [5.74, 6) is -2.93. The lowest BCUT2D eigenvalue weighted by Crippen LogP contribution is -2.35. The average molecular weight is 309 g/mol. The first kappa shape index (κ1) is 15.2. The largest absolute Gasteiger partial charge is 0.481 e. The third-order valence-corrected chi connectivity index (χ3v) is 3.70. The zero-order valence-corrected chi connectivity index (χ0v) is 11.7. The second-order valence-corrected chi connectivity index (χ2v) is 5.25. The van der Waals surface area contributed by atoms with Crippen LogP contribution in [-0.4, -0.2) is 17.0 Å². The number of hydrogen-bond donors (Lipinski definition) is 2. The molecule has 0 aromatic heterocycles. The van der Waals surface area contributed by atoms with Gasteiger partial charge in [0.2, 0.25) is 5.91 Å². The lowest BCUT2D eigenvalue weighted by Gasteiger charge is -2.25. The SMILES string of the molecule is O=Nc1ccc(NC(=O)C2CC(Cl)=CCC2C(=O)O)cc1. The predicted molar refractivity (Wildman–Crippen MR) is 78.3 cm³/mol. The Hall–Kier alpha value is -2.21. The summed E-state index contributed by atoms with van der Waals surface area (Å²) in [5, 5.41) is 15.1. The van der Waals surface area contributed by atoms with Crippen molar-refractivity contribution < 1.29 is 14.7 Å². The van der Waals surface area contributed by atoms with Crippen LogP contribution in [0, 0.1) is 16.7 Å². The van der Waals surface area contributed by atoms with Crippen LogP contribution in [0.5, 0.6) is 0 Å². The molecule has 1 aromatic rings. The maximum absolute atomic E-state index is 12.2. The standard InChI is InChI=1S/C14H13ClN2O4/c15-8-1-6-11(14(19)20)12(7-8)13(18)16-9-2-4-10(17-21)5-3-9/h1-5,11-12H,6-7H2,(H,16,18)(H,19,20). The Morgan fingerprint density at radius 2 is 1.90 bits per heavy atom. The number of rotatable bonds is 4. The molecule has 1 aromatic carbocycles. The molecule has 2 unspecified atom stereocenters. The van der Waals surface area contributed by atoms with Gasteiger partial charge < -0.3 is 10.4 Å². The van der Waals surface area contributed by atoms with Crippen molar-refractivity contribution in [1.29, 1.82) is 0 Å². The minimum Gasteiger partial charge on any atom is -0.481 e. The molecule has 110 valence electrons. The van der Waals surface area contributed by atoms with Crippen LogP contribution in [0.2, 0.25) is 0 Å².